The molecule has 0 spiro atoms. The molecule has 1 heterocycles. The van der Waals surface area contributed by atoms with Gasteiger partial charge in [-0.2, -0.15) is 0 Å². The minimum Gasteiger partial charge on any atom is -0.495 e. The number of hydrogen-bond acceptors (Lipinski definition) is 4. The molecule has 5 heteroatoms. The standard InChI is InChI=1S/C14H19ClO4/c1-17-11-4-3-10(14(18-2)12(11)15)13(16)9-5-7-19-8-6-9/h3-4,9,13,16H,5-8H2,1-2H3. The van der Waals surface area contributed by atoms with Crippen molar-refractivity contribution in [3.8, 4) is 11.5 Å². The lowest BCUT2D eigenvalue weighted by Gasteiger charge is -2.28. The Labute approximate surface area is 118 Å². The minimum atomic E-state index is -0.595. The molecule has 1 atom stereocenters. The van der Waals surface area contributed by atoms with E-state index in [1.54, 1.807) is 20.3 Å². The smallest absolute Gasteiger partial charge is 0.147 e. The lowest BCUT2D eigenvalue weighted by molar-refractivity contribution is 0.00635. The highest BCUT2D eigenvalue weighted by atomic mass is 35.5. The molecule has 0 aliphatic carbocycles. The van der Waals surface area contributed by atoms with Crippen molar-refractivity contribution >= 4 is 11.6 Å². The SMILES string of the molecule is COc1ccc(C(O)C2CCOCC2)c(OC)c1Cl. The van der Waals surface area contributed by atoms with Crippen molar-refractivity contribution in [1.82, 2.24) is 0 Å². The third kappa shape index (κ3) is 2.96. The molecule has 0 bridgehead atoms. The Hall–Kier alpha value is -0.970. The topological polar surface area (TPSA) is 47.9 Å². The second kappa shape index (κ2) is 6.46. The van der Waals surface area contributed by atoms with Gasteiger partial charge in [0.25, 0.3) is 0 Å². The number of aliphatic hydroxyl groups is 1. The molecule has 2 rings (SSSR count). The molecular weight excluding hydrogens is 268 g/mol. The minimum absolute atomic E-state index is 0.173. The summed E-state index contributed by atoms with van der Waals surface area (Å²) in [5, 5.41) is 10.9. The van der Waals surface area contributed by atoms with E-state index in [2.05, 4.69) is 0 Å². The van der Waals surface area contributed by atoms with Crippen LogP contribution in [0.25, 0.3) is 0 Å². The van der Waals surface area contributed by atoms with Crippen molar-refractivity contribution in [3.05, 3.63) is 22.7 Å². The van der Waals surface area contributed by atoms with E-state index in [0.717, 1.165) is 12.8 Å². The molecule has 1 N–H and O–H groups in total. The van der Waals surface area contributed by atoms with Crippen LogP contribution in [-0.2, 0) is 4.74 Å². The van der Waals surface area contributed by atoms with E-state index in [1.165, 1.54) is 0 Å². The normalized spacial score (nSPS) is 18.1. The largest absolute Gasteiger partial charge is 0.495 e. The number of hydrogen-bond donors (Lipinski definition) is 1. The quantitative estimate of drug-likeness (QED) is 0.925. The first-order valence-corrected chi connectivity index (χ1v) is 6.73. The average Bonchev–Trinajstić information content (AvgIpc) is 2.47. The van der Waals surface area contributed by atoms with Crippen molar-refractivity contribution < 1.29 is 19.3 Å². The fourth-order valence-electron chi connectivity index (χ4n) is 2.44. The van der Waals surface area contributed by atoms with Crippen molar-refractivity contribution in [2.24, 2.45) is 5.92 Å². The van der Waals surface area contributed by atoms with Crippen LogP contribution in [0.4, 0.5) is 0 Å². The molecular formula is C14H19ClO4. The summed E-state index contributed by atoms with van der Waals surface area (Å²) in [6.45, 7) is 1.38. The van der Waals surface area contributed by atoms with E-state index in [-0.39, 0.29) is 5.92 Å². The van der Waals surface area contributed by atoms with Gasteiger partial charge in [0.2, 0.25) is 0 Å². The summed E-state index contributed by atoms with van der Waals surface area (Å²) in [7, 11) is 3.09. The highest BCUT2D eigenvalue weighted by Crippen LogP contribution is 2.42. The van der Waals surface area contributed by atoms with Crippen LogP contribution in [0.2, 0.25) is 5.02 Å². The van der Waals surface area contributed by atoms with Gasteiger partial charge in [-0.05, 0) is 30.9 Å². The van der Waals surface area contributed by atoms with Gasteiger partial charge in [-0.25, -0.2) is 0 Å². The van der Waals surface area contributed by atoms with Crippen molar-refractivity contribution in [2.45, 2.75) is 18.9 Å². The lowest BCUT2D eigenvalue weighted by Crippen LogP contribution is -2.22. The van der Waals surface area contributed by atoms with E-state index >= 15 is 0 Å². The summed E-state index contributed by atoms with van der Waals surface area (Å²) in [5.74, 6) is 1.20. The zero-order chi connectivity index (χ0) is 13.8. The highest BCUT2D eigenvalue weighted by molar-refractivity contribution is 6.33. The van der Waals surface area contributed by atoms with Crippen LogP contribution < -0.4 is 9.47 Å². The molecule has 4 nitrogen and oxygen atoms in total. The molecule has 0 amide bonds. The van der Waals surface area contributed by atoms with Crippen molar-refractivity contribution in [2.75, 3.05) is 27.4 Å². The maximum atomic E-state index is 10.5. The predicted octanol–water partition coefficient (Wildman–Crippen LogP) is 2.82. The third-order valence-electron chi connectivity index (χ3n) is 3.55. The number of halogens is 1. The molecule has 1 aliphatic heterocycles. The molecule has 1 aliphatic rings. The Kier molecular flexibility index (Phi) is 4.91. The molecule has 1 aromatic rings. The predicted molar refractivity (Wildman–Crippen MR) is 73.1 cm³/mol. The Morgan fingerprint density at radius 3 is 2.53 bits per heavy atom. The van der Waals surface area contributed by atoms with Crippen LogP contribution >= 0.6 is 11.6 Å². The van der Waals surface area contributed by atoms with Crippen molar-refractivity contribution in [3.63, 3.8) is 0 Å². The van der Waals surface area contributed by atoms with E-state index in [9.17, 15) is 5.11 Å². The van der Waals surface area contributed by atoms with Crippen LogP contribution in [-0.4, -0.2) is 32.5 Å². The molecule has 1 unspecified atom stereocenters. The lowest BCUT2D eigenvalue weighted by atomic mass is 9.89. The second-order valence-electron chi connectivity index (χ2n) is 4.60. The average molecular weight is 287 g/mol. The van der Waals surface area contributed by atoms with E-state index in [4.69, 9.17) is 25.8 Å². The first-order valence-electron chi connectivity index (χ1n) is 6.35. The summed E-state index contributed by atoms with van der Waals surface area (Å²) in [6, 6.07) is 3.56. The fourth-order valence-corrected chi connectivity index (χ4v) is 2.76. The van der Waals surface area contributed by atoms with E-state index < -0.39 is 6.10 Å². The summed E-state index contributed by atoms with van der Waals surface area (Å²) < 4.78 is 15.8. The van der Waals surface area contributed by atoms with Crippen LogP contribution in [0.15, 0.2) is 12.1 Å². The first kappa shape index (κ1) is 14.4. The Morgan fingerprint density at radius 2 is 1.95 bits per heavy atom. The molecule has 1 aromatic carbocycles. The molecule has 0 radical (unpaired) electrons. The number of aliphatic hydroxyl groups excluding tert-OH is 1. The number of methoxy groups -OCH3 is 2. The van der Waals surface area contributed by atoms with Crippen molar-refractivity contribution in [1.29, 1.82) is 0 Å². The summed E-state index contributed by atoms with van der Waals surface area (Å²) in [5.41, 5.74) is 0.709. The zero-order valence-electron chi connectivity index (χ0n) is 11.2. The molecule has 1 saturated heterocycles. The summed E-state index contributed by atoms with van der Waals surface area (Å²) >= 11 is 6.21. The maximum absolute atomic E-state index is 10.5. The van der Waals surface area contributed by atoms with E-state index in [1.807, 2.05) is 6.07 Å². The monoisotopic (exact) mass is 286 g/mol. The summed E-state index contributed by atoms with van der Waals surface area (Å²) in [4.78, 5) is 0. The van der Waals surface area contributed by atoms with Gasteiger partial charge in [0.1, 0.15) is 16.5 Å². The van der Waals surface area contributed by atoms with Crippen LogP contribution in [0.3, 0.4) is 0 Å². The van der Waals surface area contributed by atoms with Crippen LogP contribution in [0, 0.1) is 5.92 Å². The van der Waals surface area contributed by atoms with Gasteiger partial charge in [-0.15, -0.1) is 0 Å². The summed E-state index contributed by atoms with van der Waals surface area (Å²) in [6.07, 6.45) is 1.09. The first-order chi connectivity index (χ1) is 9.19. The Bertz CT molecular complexity index is 430. The molecule has 0 aromatic heterocycles. The highest BCUT2D eigenvalue weighted by Gasteiger charge is 2.27. The van der Waals surface area contributed by atoms with E-state index in [0.29, 0.717) is 35.3 Å². The van der Waals surface area contributed by atoms with Gasteiger partial charge in [-0.1, -0.05) is 11.6 Å². The molecule has 0 saturated carbocycles. The van der Waals surface area contributed by atoms with Crippen LogP contribution in [0.1, 0.15) is 24.5 Å². The number of rotatable bonds is 4. The van der Waals surface area contributed by atoms with Gasteiger partial charge >= 0.3 is 0 Å². The molecule has 19 heavy (non-hydrogen) atoms. The van der Waals surface area contributed by atoms with Gasteiger partial charge < -0.3 is 19.3 Å². The molecule has 106 valence electrons. The van der Waals surface area contributed by atoms with Gasteiger partial charge in [0, 0.05) is 18.8 Å². The number of benzene rings is 1. The Balaban J connectivity index is 2.30. The Morgan fingerprint density at radius 1 is 1.26 bits per heavy atom. The van der Waals surface area contributed by atoms with Gasteiger partial charge in [-0.3, -0.25) is 0 Å². The maximum Gasteiger partial charge on any atom is 0.147 e. The van der Waals surface area contributed by atoms with Crippen LogP contribution in [0.5, 0.6) is 11.5 Å². The fraction of sp³-hybridized carbons (Fsp3) is 0.571. The third-order valence-corrected chi connectivity index (χ3v) is 3.91. The number of ether oxygens (including phenoxy) is 3. The second-order valence-corrected chi connectivity index (χ2v) is 4.98. The van der Waals surface area contributed by atoms with Gasteiger partial charge in [0.15, 0.2) is 0 Å². The zero-order valence-corrected chi connectivity index (χ0v) is 11.9. The van der Waals surface area contributed by atoms with Gasteiger partial charge in [0.05, 0.1) is 20.3 Å². The molecule has 1 fully saturated rings.